The van der Waals surface area contributed by atoms with E-state index in [1.165, 1.54) is 4.88 Å². The SMILES string of the molecule is C=C(C)Nc1ncc(CN2CCOCC2C)s1. The van der Waals surface area contributed by atoms with Gasteiger partial charge in [0.15, 0.2) is 5.13 Å². The van der Waals surface area contributed by atoms with E-state index in [0.717, 1.165) is 37.1 Å². The van der Waals surface area contributed by atoms with Gasteiger partial charge in [0.2, 0.25) is 0 Å². The molecule has 1 aromatic rings. The highest BCUT2D eigenvalue weighted by Crippen LogP contribution is 2.22. The summed E-state index contributed by atoms with van der Waals surface area (Å²) in [6.45, 7) is 11.6. The smallest absolute Gasteiger partial charge is 0.187 e. The van der Waals surface area contributed by atoms with Crippen molar-refractivity contribution in [1.82, 2.24) is 9.88 Å². The lowest BCUT2D eigenvalue weighted by atomic mass is 10.2. The Labute approximate surface area is 106 Å². The fraction of sp³-hybridized carbons (Fsp3) is 0.583. The molecule has 5 heteroatoms. The van der Waals surface area contributed by atoms with E-state index in [1.807, 2.05) is 13.1 Å². The fourth-order valence-electron chi connectivity index (χ4n) is 1.82. The van der Waals surface area contributed by atoms with Crippen LogP contribution in [-0.4, -0.2) is 35.7 Å². The third kappa shape index (κ3) is 3.52. The molecular weight excluding hydrogens is 234 g/mol. The van der Waals surface area contributed by atoms with E-state index in [9.17, 15) is 0 Å². The Morgan fingerprint density at radius 2 is 2.59 bits per heavy atom. The number of thiazole rings is 1. The minimum Gasteiger partial charge on any atom is -0.379 e. The monoisotopic (exact) mass is 253 g/mol. The predicted molar refractivity (Wildman–Crippen MR) is 71.2 cm³/mol. The Morgan fingerprint density at radius 1 is 1.76 bits per heavy atom. The molecule has 0 saturated carbocycles. The summed E-state index contributed by atoms with van der Waals surface area (Å²) in [4.78, 5) is 8.05. The van der Waals surface area contributed by atoms with Gasteiger partial charge in [-0.2, -0.15) is 0 Å². The molecule has 4 nitrogen and oxygen atoms in total. The Hall–Kier alpha value is -0.910. The third-order valence-electron chi connectivity index (χ3n) is 2.74. The van der Waals surface area contributed by atoms with E-state index < -0.39 is 0 Å². The summed E-state index contributed by atoms with van der Waals surface area (Å²) >= 11 is 1.69. The largest absolute Gasteiger partial charge is 0.379 e. The zero-order valence-corrected chi connectivity index (χ0v) is 11.2. The van der Waals surface area contributed by atoms with Gasteiger partial charge in [0.1, 0.15) is 0 Å². The molecule has 0 radical (unpaired) electrons. The molecule has 0 spiro atoms. The van der Waals surface area contributed by atoms with Crippen LogP contribution in [0.15, 0.2) is 18.5 Å². The summed E-state index contributed by atoms with van der Waals surface area (Å²) in [6, 6.07) is 0.489. The van der Waals surface area contributed by atoms with E-state index in [-0.39, 0.29) is 0 Å². The van der Waals surface area contributed by atoms with Gasteiger partial charge < -0.3 is 10.1 Å². The average molecular weight is 253 g/mol. The number of rotatable bonds is 4. The number of allylic oxidation sites excluding steroid dienone is 1. The second-order valence-corrected chi connectivity index (χ2v) is 5.55. The molecule has 1 N–H and O–H groups in total. The first-order chi connectivity index (χ1) is 8.15. The maximum Gasteiger partial charge on any atom is 0.187 e. The summed E-state index contributed by atoms with van der Waals surface area (Å²) < 4.78 is 5.43. The zero-order valence-electron chi connectivity index (χ0n) is 10.4. The van der Waals surface area contributed by atoms with Crippen LogP contribution < -0.4 is 5.32 Å². The lowest BCUT2D eigenvalue weighted by Gasteiger charge is -2.32. The molecule has 0 aromatic carbocycles. The number of hydrogen-bond donors (Lipinski definition) is 1. The number of anilines is 1. The van der Waals surface area contributed by atoms with E-state index >= 15 is 0 Å². The standard InChI is InChI=1S/C12H19N3OS/c1-9(2)14-12-13-6-11(17-12)7-15-4-5-16-8-10(15)3/h6,10H,1,4-5,7-8H2,2-3H3,(H,13,14). The highest BCUT2D eigenvalue weighted by Gasteiger charge is 2.19. The molecule has 0 amide bonds. The van der Waals surface area contributed by atoms with Crippen LogP contribution in [0.2, 0.25) is 0 Å². The molecule has 2 rings (SSSR count). The van der Waals surface area contributed by atoms with Crippen LogP contribution in [0.4, 0.5) is 5.13 Å². The fourth-order valence-corrected chi connectivity index (χ4v) is 2.73. The number of ether oxygens (including phenoxy) is 1. The van der Waals surface area contributed by atoms with Crippen molar-refractivity contribution in [2.45, 2.75) is 26.4 Å². The first kappa shape index (κ1) is 12.5. The molecule has 94 valence electrons. The Kier molecular flexibility index (Phi) is 4.15. The highest BCUT2D eigenvalue weighted by molar-refractivity contribution is 7.15. The van der Waals surface area contributed by atoms with E-state index in [1.54, 1.807) is 11.3 Å². The molecule has 0 aliphatic carbocycles. The molecule has 0 bridgehead atoms. The van der Waals surface area contributed by atoms with Crippen molar-refractivity contribution >= 4 is 16.5 Å². The van der Waals surface area contributed by atoms with Crippen LogP contribution in [0.5, 0.6) is 0 Å². The number of morpholine rings is 1. The number of nitrogens with zero attached hydrogens (tertiary/aromatic N) is 2. The summed E-state index contributed by atoms with van der Waals surface area (Å²) in [5.41, 5.74) is 0.922. The first-order valence-electron chi connectivity index (χ1n) is 5.84. The minimum absolute atomic E-state index is 0.489. The number of aromatic nitrogens is 1. The number of hydrogen-bond acceptors (Lipinski definition) is 5. The van der Waals surface area contributed by atoms with Crippen molar-refractivity contribution in [1.29, 1.82) is 0 Å². The normalized spacial score (nSPS) is 21.4. The molecular formula is C12H19N3OS. The topological polar surface area (TPSA) is 37.4 Å². The minimum atomic E-state index is 0.489. The van der Waals surface area contributed by atoms with E-state index in [0.29, 0.717) is 6.04 Å². The van der Waals surface area contributed by atoms with Gasteiger partial charge in [0.05, 0.1) is 13.2 Å². The molecule has 1 saturated heterocycles. The van der Waals surface area contributed by atoms with Gasteiger partial charge in [-0.05, 0) is 13.8 Å². The van der Waals surface area contributed by atoms with Crippen molar-refractivity contribution in [3.8, 4) is 0 Å². The van der Waals surface area contributed by atoms with Crippen LogP contribution in [0.25, 0.3) is 0 Å². The Balaban J connectivity index is 1.93. The van der Waals surface area contributed by atoms with Crippen LogP contribution in [-0.2, 0) is 11.3 Å². The van der Waals surface area contributed by atoms with Crippen LogP contribution in [0.3, 0.4) is 0 Å². The Morgan fingerprint density at radius 3 is 3.29 bits per heavy atom. The van der Waals surface area contributed by atoms with Crippen LogP contribution in [0, 0.1) is 0 Å². The zero-order chi connectivity index (χ0) is 12.3. The van der Waals surface area contributed by atoms with Crippen molar-refractivity contribution in [2.24, 2.45) is 0 Å². The first-order valence-corrected chi connectivity index (χ1v) is 6.66. The predicted octanol–water partition coefficient (Wildman–Crippen LogP) is 2.31. The van der Waals surface area contributed by atoms with Crippen molar-refractivity contribution in [2.75, 3.05) is 25.1 Å². The quantitative estimate of drug-likeness (QED) is 0.893. The van der Waals surface area contributed by atoms with Crippen LogP contribution in [0.1, 0.15) is 18.7 Å². The van der Waals surface area contributed by atoms with Gasteiger partial charge in [-0.3, -0.25) is 4.90 Å². The van der Waals surface area contributed by atoms with Crippen molar-refractivity contribution < 1.29 is 4.74 Å². The summed E-state index contributed by atoms with van der Waals surface area (Å²) in [6.07, 6.45) is 1.94. The van der Waals surface area contributed by atoms with Crippen molar-refractivity contribution in [3.05, 3.63) is 23.3 Å². The Bertz CT molecular complexity index is 391. The van der Waals surface area contributed by atoms with Gasteiger partial charge >= 0.3 is 0 Å². The number of nitrogens with one attached hydrogen (secondary N) is 1. The maximum absolute atomic E-state index is 5.43. The average Bonchev–Trinajstić information content (AvgIpc) is 2.68. The second kappa shape index (κ2) is 5.62. The third-order valence-corrected chi connectivity index (χ3v) is 3.64. The molecule has 1 unspecified atom stereocenters. The second-order valence-electron chi connectivity index (χ2n) is 4.43. The van der Waals surface area contributed by atoms with Gasteiger partial charge in [-0.15, -0.1) is 11.3 Å². The lowest BCUT2D eigenvalue weighted by molar-refractivity contribution is -0.00393. The van der Waals surface area contributed by atoms with Crippen LogP contribution >= 0.6 is 11.3 Å². The summed E-state index contributed by atoms with van der Waals surface area (Å²) in [5.74, 6) is 0. The van der Waals surface area contributed by atoms with Gasteiger partial charge in [-0.25, -0.2) is 4.98 Å². The lowest BCUT2D eigenvalue weighted by Crippen LogP contribution is -2.42. The maximum atomic E-state index is 5.43. The summed E-state index contributed by atoms with van der Waals surface area (Å²) in [7, 11) is 0. The molecule has 17 heavy (non-hydrogen) atoms. The summed E-state index contributed by atoms with van der Waals surface area (Å²) in [5, 5.41) is 4.07. The van der Waals surface area contributed by atoms with Gasteiger partial charge in [0, 0.05) is 35.9 Å². The molecule has 2 heterocycles. The molecule has 1 fully saturated rings. The van der Waals surface area contributed by atoms with E-state index in [2.05, 4.69) is 28.7 Å². The molecule has 1 aliphatic heterocycles. The van der Waals surface area contributed by atoms with E-state index in [4.69, 9.17) is 4.74 Å². The van der Waals surface area contributed by atoms with Crippen molar-refractivity contribution in [3.63, 3.8) is 0 Å². The molecule has 1 aromatic heterocycles. The highest BCUT2D eigenvalue weighted by atomic mass is 32.1. The molecule has 1 aliphatic rings. The van der Waals surface area contributed by atoms with Gasteiger partial charge in [-0.1, -0.05) is 6.58 Å². The van der Waals surface area contributed by atoms with Gasteiger partial charge in [0.25, 0.3) is 0 Å². The molecule has 1 atom stereocenters.